The first-order valence-corrected chi connectivity index (χ1v) is 5.95. The summed E-state index contributed by atoms with van der Waals surface area (Å²) >= 11 is 0. The van der Waals surface area contributed by atoms with Gasteiger partial charge in [-0.2, -0.15) is 0 Å². The highest BCUT2D eigenvalue weighted by Crippen LogP contribution is 2.10. The summed E-state index contributed by atoms with van der Waals surface area (Å²) in [4.78, 5) is 4.16. The molecule has 17 heavy (non-hydrogen) atoms. The van der Waals surface area contributed by atoms with Crippen LogP contribution in [0.4, 0.5) is 0 Å². The van der Waals surface area contributed by atoms with Crippen molar-refractivity contribution in [3.8, 4) is 0 Å². The molecule has 0 amide bonds. The lowest BCUT2D eigenvalue weighted by Gasteiger charge is -2.16. The summed E-state index contributed by atoms with van der Waals surface area (Å²) in [7, 11) is 1.80. The molecule has 0 bridgehead atoms. The van der Waals surface area contributed by atoms with E-state index in [1.165, 1.54) is 5.57 Å². The molecule has 0 saturated heterocycles. The van der Waals surface area contributed by atoms with Gasteiger partial charge in [0.2, 0.25) is 0 Å². The average molecular weight is 353 g/mol. The Labute approximate surface area is 121 Å². The van der Waals surface area contributed by atoms with E-state index in [2.05, 4.69) is 35.5 Å². The van der Waals surface area contributed by atoms with Crippen LogP contribution in [-0.4, -0.2) is 38.8 Å². The van der Waals surface area contributed by atoms with Crippen LogP contribution < -0.4 is 10.6 Å². The number of guanidine groups is 1. The van der Waals surface area contributed by atoms with Gasteiger partial charge in [0.1, 0.15) is 0 Å². The molecule has 0 aromatic carbocycles. The van der Waals surface area contributed by atoms with E-state index in [0.717, 1.165) is 38.6 Å². The number of aliphatic imine (C=N–C) groups is 1. The average Bonchev–Trinajstić information content (AvgIpc) is 2.28. The fraction of sp³-hybridized carbons (Fsp3) is 0.750. The van der Waals surface area contributed by atoms with Crippen LogP contribution in [0.15, 0.2) is 16.6 Å². The lowest BCUT2D eigenvalue weighted by Crippen LogP contribution is -2.41. The van der Waals surface area contributed by atoms with Crippen LogP contribution in [0.25, 0.3) is 0 Å². The van der Waals surface area contributed by atoms with Crippen LogP contribution in [0.5, 0.6) is 0 Å². The van der Waals surface area contributed by atoms with Gasteiger partial charge in [-0.1, -0.05) is 11.6 Å². The van der Waals surface area contributed by atoms with Crippen LogP contribution >= 0.6 is 24.0 Å². The molecule has 0 aliphatic carbocycles. The second kappa shape index (κ2) is 9.70. The van der Waals surface area contributed by atoms with Gasteiger partial charge in [-0.3, -0.25) is 4.99 Å². The molecule has 5 heteroatoms. The van der Waals surface area contributed by atoms with Crippen molar-refractivity contribution >= 4 is 29.9 Å². The smallest absolute Gasteiger partial charge is 0.191 e. The Balaban J connectivity index is 0.00000256. The van der Waals surface area contributed by atoms with Gasteiger partial charge in [-0.05, 0) is 26.7 Å². The summed E-state index contributed by atoms with van der Waals surface area (Å²) in [5.41, 5.74) is 1.48. The van der Waals surface area contributed by atoms with E-state index < -0.39 is 0 Å². The SMILES string of the molecule is CN=C(NCCC1=CCOCC1)NC(C)C.I. The Morgan fingerprint density at radius 3 is 2.82 bits per heavy atom. The van der Waals surface area contributed by atoms with Crippen molar-refractivity contribution in [3.05, 3.63) is 11.6 Å². The maximum absolute atomic E-state index is 5.27. The van der Waals surface area contributed by atoms with E-state index in [0.29, 0.717) is 6.04 Å². The zero-order chi connectivity index (χ0) is 11.8. The molecule has 2 N–H and O–H groups in total. The number of nitrogens with zero attached hydrogens (tertiary/aromatic N) is 1. The van der Waals surface area contributed by atoms with Crippen LogP contribution in [-0.2, 0) is 4.74 Å². The molecular weight excluding hydrogens is 329 g/mol. The first kappa shape index (κ1) is 16.7. The third kappa shape index (κ3) is 7.59. The van der Waals surface area contributed by atoms with Gasteiger partial charge in [-0.15, -0.1) is 24.0 Å². The summed E-state index contributed by atoms with van der Waals surface area (Å²) in [6, 6.07) is 0.411. The fourth-order valence-electron chi connectivity index (χ4n) is 1.60. The zero-order valence-electron chi connectivity index (χ0n) is 11.0. The van der Waals surface area contributed by atoms with E-state index in [-0.39, 0.29) is 24.0 Å². The normalized spacial score (nSPS) is 16.2. The van der Waals surface area contributed by atoms with Gasteiger partial charge in [0.05, 0.1) is 13.2 Å². The maximum Gasteiger partial charge on any atom is 0.191 e. The molecule has 0 aromatic rings. The number of hydrogen-bond donors (Lipinski definition) is 2. The lowest BCUT2D eigenvalue weighted by atomic mass is 10.1. The molecule has 4 nitrogen and oxygen atoms in total. The Morgan fingerprint density at radius 1 is 1.53 bits per heavy atom. The molecule has 0 saturated carbocycles. The molecule has 0 aromatic heterocycles. The molecule has 1 heterocycles. The third-order valence-electron chi connectivity index (χ3n) is 2.44. The number of hydrogen-bond acceptors (Lipinski definition) is 2. The van der Waals surface area contributed by atoms with Crippen molar-refractivity contribution in [3.63, 3.8) is 0 Å². The first-order valence-electron chi connectivity index (χ1n) is 5.95. The van der Waals surface area contributed by atoms with Crippen molar-refractivity contribution in [2.45, 2.75) is 32.7 Å². The Bertz CT molecular complexity index is 264. The van der Waals surface area contributed by atoms with Gasteiger partial charge in [-0.25, -0.2) is 0 Å². The minimum absolute atomic E-state index is 0. The van der Waals surface area contributed by atoms with E-state index in [4.69, 9.17) is 4.74 Å². The number of nitrogens with one attached hydrogen (secondary N) is 2. The fourth-order valence-corrected chi connectivity index (χ4v) is 1.60. The minimum atomic E-state index is 0. The summed E-state index contributed by atoms with van der Waals surface area (Å²) in [5, 5.41) is 6.57. The third-order valence-corrected chi connectivity index (χ3v) is 2.44. The topological polar surface area (TPSA) is 45.7 Å². The largest absolute Gasteiger partial charge is 0.377 e. The molecule has 0 spiro atoms. The second-order valence-corrected chi connectivity index (χ2v) is 4.24. The Morgan fingerprint density at radius 2 is 2.29 bits per heavy atom. The zero-order valence-corrected chi connectivity index (χ0v) is 13.3. The molecule has 100 valence electrons. The molecule has 0 unspecified atom stereocenters. The number of halogens is 1. The summed E-state index contributed by atoms with van der Waals surface area (Å²) in [6.45, 7) is 6.78. The maximum atomic E-state index is 5.27. The Kier molecular flexibility index (Phi) is 9.53. The molecule has 0 radical (unpaired) electrons. The predicted octanol–water partition coefficient (Wildman–Crippen LogP) is 1.91. The van der Waals surface area contributed by atoms with Crippen LogP contribution in [0.3, 0.4) is 0 Å². The highest BCUT2D eigenvalue weighted by atomic mass is 127. The van der Waals surface area contributed by atoms with Crippen molar-refractivity contribution in [1.82, 2.24) is 10.6 Å². The van der Waals surface area contributed by atoms with Crippen molar-refractivity contribution in [1.29, 1.82) is 0 Å². The molecule has 0 fully saturated rings. The summed E-state index contributed by atoms with van der Waals surface area (Å²) < 4.78 is 5.27. The van der Waals surface area contributed by atoms with E-state index >= 15 is 0 Å². The van der Waals surface area contributed by atoms with Crippen LogP contribution in [0.1, 0.15) is 26.7 Å². The standard InChI is InChI=1S/C12H23N3O.HI/c1-10(2)15-12(13-3)14-7-4-11-5-8-16-9-6-11;/h5,10H,4,6-9H2,1-3H3,(H2,13,14,15);1H. The van der Waals surface area contributed by atoms with E-state index in [1.807, 2.05) is 0 Å². The minimum Gasteiger partial charge on any atom is -0.377 e. The summed E-state index contributed by atoms with van der Waals surface area (Å²) in [5.74, 6) is 0.877. The van der Waals surface area contributed by atoms with E-state index in [9.17, 15) is 0 Å². The predicted molar refractivity (Wildman–Crippen MR) is 83.2 cm³/mol. The number of rotatable bonds is 4. The Hall–Kier alpha value is -0.300. The molecular formula is C12H24IN3O. The monoisotopic (exact) mass is 353 g/mol. The van der Waals surface area contributed by atoms with Gasteiger partial charge in [0.15, 0.2) is 5.96 Å². The van der Waals surface area contributed by atoms with E-state index in [1.54, 1.807) is 7.05 Å². The molecule has 1 aliphatic rings. The van der Waals surface area contributed by atoms with Crippen LogP contribution in [0.2, 0.25) is 0 Å². The van der Waals surface area contributed by atoms with Crippen molar-refractivity contribution in [2.75, 3.05) is 26.8 Å². The van der Waals surface area contributed by atoms with Crippen LogP contribution in [0, 0.1) is 0 Å². The van der Waals surface area contributed by atoms with Crippen molar-refractivity contribution in [2.24, 2.45) is 4.99 Å². The molecule has 0 atom stereocenters. The number of ether oxygens (including phenoxy) is 1. The highest BCUT2D eigenvalue weighted by Gasteiger charge is 2.04. The first-order chi connectivity index (χ1) is 7.72. The quantitative estimate of drug-likeness (QED) is 0.351. The van der Waals surface area contributed by atoms with Gasteiger partial charge in [0, 0.05) is 19.6 Å². The van der Waals surface area contributed by atoms with Crippen molar-refractivity contribution < 1.29 is 4.74 Å². The molecule has 1 rings (SSSR count). The lowest BCUT2D eigenvalue weighted by molar-refractivity contribution is 0.153. The van der Waals surface area contributed by atoms with Gasteiger partial charge >= 0.3 is 0 Å². The van der Waals surface area contributed by atoms with Gasteiger partial charge in [0.25, 0.3) is 0 Å². The molecule has 1 aliphatic heterocycles. The van der Waals surface area contributed by atoms with Gasteiger partial charge < -0.3 is 15.4 Å². The highest BCUT2D eigenvalue weighted by molar-refractivity contribution is 14.0. The second-order valence-electron chi connectivity index (χ2n) is 4.24. The summed E-state index contributed by atoms with van der Waals surface area (Å²) in [6.07, 6.45) is 4.32.